The lowest BCUT2D eigenvalue weighted by Crippen LogP contribution is -2.44. The van der Waals surface area contributed by atoms with E-state index in [1.165, 1.54) is 12.1 Å². The molecule has 2 amide bonds. The van der Waals surface area contributed by atoms with E-state index >= 15 is 0 Å². The predicted molar refractivity (Wildman–Crippen MR) is 80.4 cm³/mol. The van der Waals surface area contributed by atoms with Crippen LogP contribution in [0.1, 0.15) is 36.0 Å². The van der Waals surface area contributed by atoms with Crippen LogP contribution in [0.25, 0.3) is 0 Å². The van der Waals surface area contributed by atoms with Crippen LogP contribution in [-0.4, -0.2) is 20.2 Å². The topological polar surface area (TPSA) is 118 Å². The number of nitrogens with two attached hydrogens (primary N) is 1. The summed E-state index contributed by atoms with van der Waals surface area (Å²) < 4.78 is 22.7. The molecule has 1 aliphatic carbocycles. The van der Waals surface area contributed by atoms with E-state index in [2.05, 4.69) is 10.9 Å². The molecule has 0 spiro atoms. The maximum atomic E-state index is 11.9. The van der Waals surface area contributed by atoms with Gasteiger partial charge in [0.15, 0.2) is 0 Å². The summed E-state index contributed by atoms with van der Waals surface area (Å²) in [7, 11) is -4.03. The van der Waals surface area contributed by atoms with Gasteiger partial charge in [-0.15, -0.1) is 0 Å². The quantitative estimate of drug-likeness (QED) is 0.706. The number of hydrogen-bond donors (Lipinski definition) is 3. The summed E-state index contributed by atoms with van der Waals surface area (Å²) >= 11 is 5.74. The van der Waals surface area contributed by atoms with Crippen molar-refractivity contribution in [3.63, 3.8) is 0 Å². The second kappa shape index (κ2) is 6.64. The molecule has 7 nitrogen and oxygen atoms in total. The highest BCUT2D eigenvalue weighted by atomic mass is 35.5. The van der Waals surface area contributed by atoms with Gasteiger partial charge in [0.05, 0.1) is 5.02 Å². The molecule has 22 heavy (non-hydrogen) atoms. The van der Waals surface area contributed by atoms with E-state index in [0.717, 1.165) is 31.7 Å². The Morgan fingerprint density at radius 2 is 1.82 bits per heavy atom. The van der Waals surface area contributed by atoms with Crippen molar-refractivity contribution in [2.45, 2.75) is 30.6 Å². The zero-order valence-electron chi connectivity index (χ0n) is 11.6. The van der Waals surface area contributed by atoms with Crippen LogP contribution < -0.4 is 16.0 Å². The number of primary sulfonamides is 1. The van der Waals surface area contributed by atoms with Crippen LogP contribution >= 0.6 is 11.6 Å². The summed E-state index contributed by atoms with van der Waals surface area (Å²) in [4.78, 5) is 23.4. The van der Waals surface area contributed by atoms with E-state index in [1.54, 1.807) is 0 Å². The Morgan fingerprint density at radius 3 is 2.41 bits per heavy atom. The average molecular weight is 346 g/mol. The Labute approximate surface area is 133 Å². The first kappa shape index (κ1) is 16.7. The third-order valence-electron chi connectivity index (χ3n) is 3.53. The van der Waals surface area contributed by atoms with E-state index in [-0.39, 0.29) is 27.3 Å². The molecule has 0 saturated heterocycles. The molecule has 0 unspecified atom stereocenters. The van der Waals surface area contributed by atoms with E-state index in [9.17, 15) is 18.0 Å². The minimum atomic E-state index is -4.03. The van der Waals surface area contributed by atoms with Crippen LogP contribution in [0.2, 0.25) is 5.02 Å². The van der Waals surface area contributed by atoms with Crippen LogP contribution in [0.3, 0.4) is 0 Å². The Bertz CT molecular complexity index is 699. The van der Waals surface area contributed by atoms with E-state index in [4.69, 9.17) is 16.7 Å². The number of benzene rings is 1. The van der Waals surface area contributed by atoms with Gasteiger partial charge < -0.3 is 0 Å². The van der Waals surface area contributed by atoms with Crippen molar-refractivity contribution in [1.29, 1.82) is 0 Å². The number of amides is 2. The lowest BCUT2D eigenvalue weighted by Gasteiger charge is -2.12. The van der Waals surface area contributed by atoms with Crippen LogP contribution in [0.5, 0.6) is 0 Å². The SMILES string of the molecule is NS(=O)(=O)c1cc(C(=O)NNC(=O)C2CCCC2)ccc1Cl. The van der Waals surface area contributed by atoms with Gasteiger partial charge in [-0.05, 0) is 31.0 Å². The molecule has 1 saturated carbocycles. The van der Waals surface area contributed by atoms with Crippen molar-refractivity contribution in [1.82, 2.24) is 10.9 Å². The number of carbonyl (C=O) groups excluding carboxylic acids is 2. The predicted octanol–water partition coefficient (Wildman–Crippen LogP) is 0.939. The van der Waals surface area contributed by atoms with Gasteiger partial charge in [-0.25, -0.2) is 13.6 Å². The molecule has 0 bridgehead atoms. The minimum absolute atomic E-state index is 0.0279. The number of hydrazine groups is 1. The molecule has 1 aromatic carbocycles. The largest absolute Gasteiger partial charge is 0.273 e. The number of halogens is 1. The molecule has 4 N–H and O–H groups in total. The molecular formula is C13H16ClN3O4S. The van der Waals surface area contributed by atoms with Gasteiger partial charge in [0.25, 0.3) is 5.91 Å². The van der Waals surface area contributed by atoms with Crippen LogP contribution in [0.4, 0.5) is 0 Å². The highest BCUT2D eigenvalue weighted by Gasteiger charge is 2.23. The van der Waals surface area contributed by atoms with Crippen molar-refractivity contribution < 1.29 is 18.0 Å². The molecule has 1 fully saturated rings. The van der Waals surface area contributed by atoms with Crippen LogP contribution in [0.15, 0.2) is 23.1 Å². The molecule has 0 radical (unpaired) electrons. The molecular weight excluding hydrogens is 330 g/mol. The van der Waals surface area contributed by atoms with E-state index < -0.39 is 15.9 Å². The molecule has 9 heteroatoms. The summed E-state index contributed by atoms with van der Waals surface area (Å²) in [5.74, 6) is -0.982. The fraction of sp³-hybridized carbons (Fsp3) is 0.385. The average Bonchev–Trinajstić information content (AvgIpc) is 2.97. The number of nitrogens with one attached hydrogen (secondary N) is 2. The maximum absolute atomic E-state index is 11.9. The molecule has 120 valence electrons. The molecule has 0 aromatic heterocycles. The lowest BCUT2D eigenvalue weighted by molar-refractivity contribution is -0.125. The van der Waals surface area contributed by atoms with Crippen molar-refractivity contribution in [3.8, 4) is 0 Å². The monoisotopic (exact) mass is 345 g/mol. The normalized spacial score (nSPS) is 15.5. The summed E-state index contributed by atoms with van der Waals surface area (Å²) in [6, 6.07) is 3.66. The zero-order valence-corrected chi connectivity index (χ0v) is 13.2. The summed E-state index contributed by atoms with van der Waals surface area (Å²) in [6.07, 6.45) is 3.61. The first-order valence-electron chi connectivity index (χ1n) is 6.71. The second-order valence-electron chi connectivity index (χ2n) is 5.11. The third kappa shape index (κ3) is 3.96. The standard InChI is InChI=1S/C13H16ClN3O4S/c14-10-6-5-9(7-11(10)22(15,20)21)13(19)17-16-12(18)8-3-1-2-4-8/h5-8H,1-4H2,(H,16,18)(H,17,19)(H2,15,20,21). The van der Waals surface area contributed by atoms with Gasteiger partial charge in [0.2, 0.25) is 15.9 Å². The molecule has 1 aliphatic rings. The summed E-state index contributed by atoms with van der Waals surface area (Å²) in [5, 5.41) is 4.94. The van der Waals surface area contributed by atoms with Gasteiger partial charge in [-0.2, -0.15) is 0 Å². The first-order valence-corrected chi connectivity index (χ1v) is 8.64. The van der Waals surface area contributed by atoms with Crippen molar-refractivity contribution in [3.05, 3.63) is 28.8 Å². The summed E-state index contributed by atoms with van der Waals surface area (Å²) in [6.45, 7) is 0. The van der Waals surface area contributed by atoms with Crippen LogP contribution in [0, 0.1) is 5.92 Å². The van der Waals surface area contributed by atoms with Gasteiger partial charge >= 0.3 is 0 Å². The molecule has 2 rings (SSSR count). The van der Waals surface area contributed by atoms with Crippen molar-refractivity contribution >= 4 is 33.4 Å². The first-order chi connectivity index (χ1) is 10.3. The van der Waals surface area contributed by atoms with Gasteiger partial charge in [0.1, 0.15) is 4.90 Å². The van der Waals surface area contributed by atoms with Crippen molar-refractivity contribution in [2.75, 3.05) is 0 Å². The lowest BCUT2D eigenvalue weighted by atomic mass is 10.1. The number of rotatable bonds is 3. The fourth-order valence-electron chi connectivity index (χ4n) is 2.34. The van der Waals surface area contributed by atoms with Gasteiger partial charge in [-0.1, -0.05) is 24.4 Å². The Balaban J connectivity index is 2.05. The third-order valence-corrected chi connectivity index (χ3v) is 4.92. The number of carbonyl (C=O) groups is 2. The minimum Gasteiger partial charge on any atom is -0.273 e. The Hall–Kier alpha value is -1.64. The second-order valence-corrected chi connectivity index (χ2v) is 7.05. The smallest absolute Gasteiger partial charge is 0.269 e. The highest BCUT2D eigenvalue weighted by molar-refractivity contribution is 7.89. The number of sulfonamides is 1. The fourth-order valence-corrected chi connectivity index (χ4v) is 3.41. The molecule has 1 aromatic rings. The van der Waals surface area contributed by atoms with E-state index in [0.29, 0.717) is 0 Å². The highest BCUT2D eigenvalue weighted by Crippen LogP contribution is 2.24. The Morgan fingerprint density at radius 1 is 1.18 bits per heavy atom. The van der Waals surface area contributed by atoms with Crippen molar-refractivity contribution in [2.24, 2.45) is 11.1 Å². The maximum Gasteiger partial charge on any atom is 0.269 e. The molecule has 0 atom stereocenters. The van der Waals surface area contributed by atoms with Gasteiger partial charge in [-0.3, -0.25) is 20.4 Å². The molecule has 0 heterocycles. The summed E-state index contributed by atoms with van der Waals surface area (Å²) in [5.41, 5.74) is 4.63. The van der Waals surface area contributed by atoms with E-state index in [1.807, 2.05) is 0 Å². The Kier molecular flexibility index (Phi) is 5.05. The van der Waals surface area contributed by atoms with Gasteiger partial charge in [0, 0.05) is 11.5 Å². The molecule has 0 aliphatic heterocycles. The zero-order chi connectivity index (χ0) is 16.3. The number of hydrogen-bond acceptors (Lipinski definition) is 4. The van der Waals surface area contributed by atoms with Crippen LogP contribution in [-0.2, 0) is 14.8 Å².